The molecule has 0 bridgehead atoms. The first-order valence-corrected chi connectivity index (χ1v) is 11.3. The SMILES string of the molecule is CCC1=CC(C2Oc3c(F)cc(F)cc3-c3ccc4c(c32)C(C)=CC(C)(C)N4)CCC1. The second-order valence-corrected chi connectivity index (χ2v) is 9.66. The van der Waals surface area contributed by atoms with Crippen molar-refractivity contribution >= 4 is 11.3 Å². The van der Waals surface area contributed by atoms with E-state index in [0.29, 0.717) is 5.56 Å². The van der Waals surface area contributed by atoms with Gasteiger partial charge in [-0.05, 0) is 69.7 Å². The number of hydrogen-bond donors (Lipinski definition) is 1. The smallest absolute Gasteiger partial charge is 0.168 e. The van der Waals surface area contributed by atoms with Crippen LogP contribution in [0.15, 0.2) is 42.0 Å². The summed E-state index contributed by atoms with van der Waals surface area (Å²) >= 11 is 0. The molecule has 3 aliphatic rings. The van der Waals surface area contributed by atoms with Crippen molar-refractivity contribution in [2.45, 2.75) is 65.0 Å². The van der Waals surface area contributed by atoms with Crippen molar-refractivity contribution in [3.63, 3.8) is 0 Å². The second kappa shape index (κ2) is 7.22. The standard InChI is InChI=1S/C27H29F2NO/c1-5-16-7-6-8-17(11-16)25-24-19(20-12-18(28)13-21(29)26(20)31-25)9-10-22-23(24)15(2)14-27(3,4)30-22/h9-14,17,25,30H,5-8H2,1-4H3. The number of rotatable bonds is 2. The van der Waals surface area contributed by atoms with Crippen molar-refractivity contribution in [2.24, 2.45) is 5.92 Å². The lowest BCUT2D eigenvalue weighted by atomic mass is 9.76. The molecule has 0 radical (unpaired) electrons. The fourth-order valence-corrected chi connectivity index (χ4v) is 5.61. The highest BCUT2D eigenvalue weighted by molar-refractivity contribution is 5.89. The van der Waals surface area contributed by atoms with Crippen molar-refractivity contribution in [1.82, 2.24) is 0 Å². The Balaban J connectivity index is 1.77. The summed E-state index contributed by atoms with van der Waals surface area (Å²) < 4.78 is 35.4. The Morgan fingerprint density at radius 1 is 1.16 bits per heavy atom. The molecule has 1 aliphatic carbocycles. The summed E-state index contributed by atoms with van der Waals surface area (Å²) in [5.41, 5.74) is 7.01. The predicted octanol–water partition coefficient (Wildman–Crippen LogP) is 7.81. The minimum Gasteiger partial charge on any atom is -0.481 e. The lowest BCUT2D eigenvalue weighted by molar-refractivity contribution is 0.138. The van der Waals surface area contributed by atoms with Gasteiger partial charge in [0.1, 0.15) is 11.9 Å². The lowest BCUT2D eigenvalue weighted by Crippen LogP contribution is -2.33. The molecule has 0 aromatic heterocycles. The molecule has 1 N–H and O–H groups in total. The Labute approximate surface area is 183 Å². The summed E-state index contributed by atoms with van der Waals surface area (Å²) in [6.45, 7) is 8.59. The molecule has 0 saturated carbocycles. The number of fused-ring (bicyclic) bond motifs is 5. The highest BCUT2D eigenvalue weighted by Crippen LogP contribution is 2.53. The predicted molar refractivity (Wildman–Crippen MR) is 122 cm³/mol. The number of anilines is 1. The molecular weight excluding hydrogens is 392 g/mol. The summed E-state index contributed by atoms with van der Waals surface area (Å²) in [6, 6.07) is 6.35. The highest BCUT2D eigenvalue weighted by Gasteiger charge is 2.38. The molecule has 2 aromatic rings. The van der Waals surface area contributed by atoms with Crippen LogP contribution in [0.25, 0.3) is 16.7 Å². The molecule has 2 nitrogen and oxygen atoms in total. The van der Waals surface area contributed by atoms with Gasteiger partial charge in [0.15, 0.2) is 11.6 Å². The Kier molecular flexibility index (Phi) is 4.72. The average molecular weight is 422 g/mol. The zero-order chi connectivity index (χ0) is 21.9. The minimum atomic E-state index is -0.634. The zero-order valence-electron chi connectivity index (χ0n) is 18.6. The van der Waals surface area contributed by atoms with Crippen LogP contribution in [0.5, 0.6) is 5.75 Å². The number of ether oxygens (including phenoxy) is 1. The minimum absolute atomic E-state index is 0.160. The van der Waals surface area contributed by atoms with Gasteiger partial charge in [-0.15, -0.1) is 0 Å². The maximum absolute atomic E-state index is 14.8. The third-order valence-electron chi connectivity index (χ3n) is 6.83. The molecule has 5 rings (SSSR count). The van der Waals surface area contributed by atoms with Crippen LogP contribution >= 0.6 is 0 Å². The van der Waals surface area contributed by atoms with E-state index in [4.69, 9.17) is 4.74 Å². The topological polar surface area (TPSA) is 21.3 Å². The van der Waals surface area contributed by atoms with Gasteiger partial charge in [-0.1, -0.05) is 30.7 Å². The summed E-state index contributed by atoms with van der Waals surface area (Å²) in [5, 5.41) is 3.61. The molecule has 2 aromatic carbocycles. The van der Waals surface area contributed by atoms with Crippen molar-refractivity contribution in [3.8, 4) is 16.9 Å². The first-order chi connectivity index (χ1) is 14.8. The fourth-order valence-electron chi connectivity index (χ4n) is 5.61. The maximum Gasteiger partial charge on any atom is 0.168 e. The number of benzene rings is 2. The van der Waals surface area contributed by atoms with Crippen LogP contribution in [-0.2, 0) is 0 Å². The molecule has 2 aliphatic heterocycles. The van der Waals surface area contributed by atoms with E-state index in [1.54, 1.807) is 0 Å². The Hall–Kier alpha value is -2.62. The summed E-state index contributed by atoms with van der Waals surface area (Å²) in [7, 11) is 0. The van der Waals surface area contributed by atoms with Crippen LogP contribution in [0, 0.1) is 17.6 Å². The molecule has 0 fully saturated rings. The van der Waals surface area contributed by atoms with Gasteiger partial charge < -0.3 is 10.1 Å². The largest absolute Gasteiger partial charge is 0.481 e. The molecule has 2 atom stereocenters. The van der Waals surface area contributed by atoms with Gasteiger partial charge in [-0.2, -0.15) is 0 Å². The lowest BCUT2D eigenvalue weighted by Gasteiger charge is -2.39. The normalized spacial score (nSPS) is 23.4. The highest BCUT2D eigenvalue weighted by atomic mass is 19.1. The van der Waals surface area contributed by atoms with Crippen LogP contribution in [-0.4, -0.2) is 5.54 Å². The van der Waals surface area contributed by atoms with Crippen molar-refractivity contribution in [1.29, 1.82) is 0 Å². The first-order valence-electron chi connectivity index (χ1n) is 11.3. The second-order valence-electron chi connectivity index (χ2n) is 9.66. The van der Waals surface area contributed by atoms with Crippen LogP contribution in [0.3, 0.4) is 0 Å². The van der Waals surface area contributed by atoms with Crippen molar-refractivity contribution in [3.05, 3.63) is 64.8 Å². The van der Waals surface area contributed by atoms with E-state index in [0.717, 1.165) is 54.1 Å². The van der Waals surface area contributed by atoms with Crippen LogP contribution in [0.1, 0.15) is 70.6 Å². The third kappa shape index (κ3) is 3.37. The maximum atomic E-state index is 14.8. The number of halogens is 2. The molecule has 31 heavy (non-hydrogen) atoms. The molecule has 4 heteroatoms. The first kappa shape index (κ1) is 20.3. The molecule has 162 valence electrons. The average Bonchev–Trinajstić information content (AvgIpc) is 2.71. The van der Waals surface area contributed by atoms with Gasteiger partial charge in [0, 0.05) is 34.4 Å². The molecule has 0 spiro atoms. The quantitative estimate of drug-likeness (QED) is 0.499. The van der Waals surface area contributed by atoms with Gasteiger partial charge in [0.2, 0.25) is 0 Å². The molecule has 2 heterocycles. The van der Waals surface area contributed by atoms with Crippen molar-refractivity contribution in [2.75, 3.05) is 5.32 Å². The fraction of sp³-hybridized carbons (Fsp3) is 0.407. The Bertz CT molecular complexity index is 1130. The van der Waals surface area contributed by atoms with Crippen LogP contribution in [0.4, 0.5) is 14.5 Å². The molecule has 2 unspecified atom stereocenters. The molecule has 0 saturated heterocycles. The van der Waals surface area contributed by atoms with Gasteiger partial charge in [0.05, 0.1) is 5.54 Å². The van der Waals surface area contributed by atoms with E-state index in [1.165, 1.54) is 17.2 Å². The Morgan fingerprint density at radius 2 is 1.97 bits per heavy atom. The number of allylic oxidation sites excluding steroid dienone is 2. The van der Waals surface area contributed by atoms with Gasteiger partial charge in [0.25, 0.3) is 0 Å². The van der Waals surface area contributed by atoms with E-state index < -0.39 is 11.6 Å². The zero-order valence-corrected chi connectivity index (χ0v) is 18.6. The summed E-state index contributed by atoms with van der Waals surface area (Å²) in [5.74, 6) is -0.888. The van der Waals surface area contributed by atoms with Crippen LogP contribution < -0.4 is 10.1 Å². The van der Waals surface area contributed by atoms with Gasteiger partial charge in [-0.3, -0.25) is 0 Å². The van der Waals surface area contributed by atoms with E-state index >= 15 is 0 Å². The summed E-state index contributed by atoms with van der Waals surface area (Å²) in [6.07, 6.45) is 8.50. The van der Waals surface area contributed by atoms with Gasteiger partial charge in [-0.25, -0.2) is 8.78 Å². The number of hydrogen-bond acceptors (Lipinski definition) is 2. The van der Waals surface area contributed by atoms with Gasteiger partial charge >= 0.3 is 0 Å². The Morgan fingerprint density at radius 3 is 2.74 bits per heavy atom. The van der Waals surface area contributed by atoms with E-state index in [2.05, 4.69) is 45.2 Å². The van der Waals surface area contributed by atoms with E-state index in [9.17, 15) is 8.78 Å². The third-order valence-corrected chi connectivity index (χ3v) is 6.83. The van der Waals surface area contributed by atoms with E-state index in [-0.39, 0.29) is 23.3 Å². The number of nitrogens with one attached hydrogen (secondary N) is 1. The molecular formula is C27H29F2NO. The monoisotopic (exact) mass is 421 g/mol. The summed E-state index contributed by atoms with van der Waals surface area (Å²) in [4.78, 5) is 0. The van der Waals surface area contributed by atoms with Crippen molar-refractivity contribution < 1.29 is 13.5 Å². The van der Waals surface area contributed by atoms with Crippen LogP contribution in [0.2, 0.25) is 0 Å². The van der Waals surface area contributed by atoms with E-state index in [1.807, 2.05) is 12.1 Å². The molecule has 0 amide bonds.